The van der Waals surface area contributed by atoms with E-state index in [1.807, 2.05) is 13.1 Å². The average molecular weight is 326 g/mol. The molecule has 1 atom stereocenters. The minimum atomic E-state index is 0.0559. The van der Waals surface area contributed by atoms with Gasteiger partial charge in [0.25, 0.3) is 0 Å². The summed E-state index contributed by atoms with van der Waals surface area (Å²) in [6.45, 7) is 4.19. The Balaban J connectivity index is 1.56. The molecular formula is C18H22N4O2. The second-order valence-electron chi connectivity index (χ2n) is 6.35. The minimum Gasteiger partial charge on any atom is -0.381 e. The molecule has 1 aromatic carbocycles. The first-order valence-corrected chi connectivity index (χ1v) is 8.47. The standard InChI is InChI=1S/C18H22N4O2/c1-12-21-18(24-22-12)17(14-6-9-23-10-7-14)20-11-15-4-2-3-13-5-8-19-16(13)15/h2-5,8,14,17,19-20H,6-7,9-11H2,1H3/t17-/m1/s1. The highest BCUT2D eigenvalue weighted by molar-refractivity contribution is 5.82. The van der Waals surface area contributed by atoms with E-state index in [4.69, 9.17) is 9.26 Å². The third-order valence-corrected chi connectivity index (χ3v) is 4.73. The first-order chi connectivity index (χ1) is 11.8. The maximum Gasteiger partial charge on any atom is 0.244 e. The van der Waals surface area contributed by atoms with Crippen molar-refractivity contribution in [3.63, 3.8) is 0 Å². The van der Waals surface area contributed by atoms with Gasteiger partial charge in [0, 0.05) is 31.5 Å². The van der Waals surface area contributed by atoms with E-state index in [2.05, 4.69) is 44.7 Å². The monoisotopic (exact) mass is 326 g/mol. The number of nitrogens with one attached hydrogen (secondary N) is 2. The first kappa shape index (κ1) is 15.4. The van der Waals surface area contributed by atoms with Gasteiger partial charge in [-0.1, -0.05) is 23.4 Å². The number of rotatable bonds is 5. The first-order valence-electron chi connectivity index (χ1n) is 8.47. The molecule has 6 heteroatoms. The molecule has 2 N–H and O–H groups in total. The SMILES string of the molecule is Cc1noc([C@H](NCc2cccc3cc[nH]c23)C2CCOCC2)n1. The molecule has 0 unspecified atom stereocenters. The van der Waals surface area contributed by atoms with Crippen LogP contribution >= 0.6 is 0 Å². The van der Waals surface area contributed by atoms with Crippen LogP contribution in [0.2, 0.25) is 0 Å². The van der Waals surface area contributed by atoms with E-state index in [0.717, 1.165) is 32.6 Å². The van der Waals surface area contributed by atoms with Crippen LogP contribution in [0.3, 0.4) is 0 Å². The molecule has 0 saturated carbocycles. The zero-order valence-electron chi connectivity index (χ0n) is 13.8. The van der Waals surface area contributed by atoms with Crippen molar-refractivity contribution in [2.24, 2.45) is 5.92 Å². The number of fused-ring (bicyclic) bond motifs is 1. The van der Waals surface area contributed by atoms with Gasteiger partial charge < -0.3 is 19.6 Å². The average Bonchev–Trinajstić information content (AvgIpc) is 3.25. The van der Waals surface area contributed by atoms with Gasteiger partial charge in [0.1, 0.15) is 0 Å². The maximum atomic E-state index is 5.50. The van der Waals surface area contributed by atoms with Crippen LogP contribution in [0.15, 0.2) is 35.0 Å². The second kappa shape index (κ2) is 6.75. The number of benzene rings is 1. The fourth-order valence-corrected chi connectivity index (χ4v) is 3.46. The van der Waals surface area contributed by atoms with E-state index in [-0.39, 0.29) is 6.04 Å². The molecule has 1 aliphatic rings. The van der Waals surface area contributed by atoms with Gasteiger partial charge in [-0.3, -0.25) is 0 Å². The number of hydrogen-bond acceptors (Lipinski definition) is 5. The van der Waals surface area contributed by atoms with Crippen molar-refractivity contribution in [1.82, 2.24) is 20.4 Å². The fraction of sp³-hybridized carbons (Fsp3) is 0.444. The van der Waals surface area contributed by atoms with Crippen LogP contribution in [0.25, 0.3) is 10.9 Å². The molecule has 0 aliphatic carbocycles. The molecule has 3 aromatic rings. The van der Waals surface area contributed by atoms with Gasteiger partial charge in [-0.05, 0) is 42.7 Å². The van der Waals surface area contributed by atoms with Crippen molar-refractivity contribution in [2.75, 3.05) is 13.2 Å². The zero-order valence-corrected chi connectivity index (χ0v) is 13.8. The molecular weight excluding hydrogens is 304 g/mol. The molecule has 24 heavy (non-hydrogen) atoms. The zero-order chi connectivity index (χ0) is 16.4. The van der Waals surface area contributed by atoms with Crippen LogP contribution < -0.4 is 5.32 Å². The number of nitrogens with zero attached hydrogens (tertiary/aromatic N) is 2. The Morgan fingerprint density at radius 1 is 1.29 bits per heavy atom. The molecule has 2 aromatic heterocycles. The number of ether oxygens (including phenoxy) is 1. The Kier molecular flexibility index (Phi) is 4.32. The van der Waals surface area contributed by atoms with Gasteiger partial charge in [0.2, 0.25) is 5.89 Å². The van der Waals surface area contributed by atoms with Crippen LogP contribution in [-0.4, -0.2) is 28.3 Å². The smallest absolute Gasteiger partial charge is 0.244 e. The Hall–Kier alpha value is -2.18. The minimum absolute atomic E-state index is 0.0559. The van der Waals surface area contributed by atoms with Gasteiger partial charge in [0.05, 0.1) is 6.04 Å². The molecule has 0 spiro atoms. The summed E-state index contributed by atoms with van der Waals surface area (Å²) < 4.78 is 11.0. The van der Waals surface area contributed by atoms with Gasteiger partial charge in [-0.2, -0.15) is 4.98 Å². The molecule has 0 amide bonds. The lowest BCUT2D eigenvalue weighted by molar-refractivity contribution is 0.0485. The molecule has 1 fully saturated rings. The van der Waals surface area contributed by atoms with E-state index < -0.39 is 0 Å². The van der Waals surface area contributed by atoms with Crippen LogP contribution in [0.1, 0.15) is 36.2 Å². The number of aromatic amines is 1. The quantitative estimate of drug-likeness (QED) is 0.753. The van der Waals surface area contributed by atoms with Gasteiger partial charge in [-0.25, -0.2) is 0 Å². The molecule has 6 nitrogen and oxygen atoms in total. The van der Waals surface area contributed by atoms with Crippen molar-refractivity contribution in [3.8, 4) is 0 Å². The van der Waals surface area contributed by atoms with Crippen LogP contribution in [-0.2, 0) is 11.3 Å². The predicted octanol–water partition coefficient (Wildman–Crippen LogP) is 3.12. The predicted molar refractivity (Wildman–Crippen MR) is 90.5 cm³/mol. The lowest BCUT2D eigenvalue weighted by Gasteiger charge is -2.28. The molecule has 1 saturated heterocycles. The number of hydrogen-bond donors (Lipinski definition) is 2. The van der Waals surface area contributed by atoms with E-state index in [1.165, 1.54) is 16.5 Å². The largest absolute Gasteiger partial charge is 0.381 e. The number of aromatic nitrogens is 3. The van der Waals surface area contributed by atoms with Crippen molar-refractivity contribution in [1.29, 1.82) is 0 Å². The van der Waals surface area contributed by atoms with Gasteiger partial charge in [-0.15, -0.1) is 0 Å². The lowest BCUT2D eigenvalue weighted by atomic mass is 9.91. The van der Waals surface area contributed by atoms with Gasteiger partial charge in [0.15, 0.2) is 5.82 Å². The summed E-state index contributed by atoms with van der Waals surface area (Å²) in [5.41, 5.74) is 2.42. The van der Waals surface area contributed by atoms with Crippen molar-refractivity contribution < 1.29 is 9.26 Å². The normalized spacial score (nSPS) is 17.4. The van der Waals surface area contributed by atoms with E-state index >= 15 is 0 Å². The highest BCUT2D eigenvalue weighted by Crippen LogP contribution is 2.30. The topological polar surface area (TPSA) is 76.0 Å². The maximum absolute atomic E-state index is 5.50. The molecule has 3 heterocycles. The highest BCUT2D eigenvalue weighted by atomic mass is 16.5. The van der Waals surface area contributed by atoms with E-state index in [9.17, 15) is 0 Å². The van der Waals surface area contributed by atoms with E-state index in [1.54, 1.807) is 0 Å². The number of aryl methyl sites for hydroxylation is 1. The van der Waals surface area contributed by atoms with Crippen LogP contribution in [0.4, 0.5) is 0 Å². The summed E-state index contributed by atoms with van der Waals surface area (Å²) in [5, 5.41) is 8.84. The summed E-state index contributed by atoms with van der Waals surface area (Å²) in [6.07, 6.45) is 3.99. The summed E-state index contributed by atoms with van der Waals surface area (Å²) in [7, 11) is 0. The number of para-hydroxylation sites is 1. The Morgan fingerprint density at radius 2 is 2.17 bits per heavy atom. The van der Waals surface area contributed by atoms with Crippen molar-refractivity contribution >= 4 is 10.9 Å². The molecule has 126 valence electrons. The van der Waals surface area contributed by atoms with E-state index in [0.29, 0.717) is 17.6 Å². The summed E-state index contributed by atoms with van der Waals surface area (Å²) >= 11 is 0. The Labute approximate surface area is 140 Å². The van der Waals surface area contributed by atoms with Crippen molar-refractivity contribution in [3.05, 3.63) is 47.7 Å². The third-order valence-electron chi connectivity index (χ3n) is 4.73. The molecule has 0 radical (unpaired) electrons. The van der Waals surface area contributed by atoms with Gasteiger partial charge >= 0.3 is 0 Å². The lowest BCUT2D eigenvalue weighted by Crippen LogP contribution is -2.32. The highest BCUT2D eigenvalue weighted by Gasteiger charge is 2.29. The summed E-state index contributed by atoms with van der Waals surface area (Å²) in [4.78, 5) is 7.79. The second-order valence-corrected chi connectivity index (χ2v) is 6.35. The number of H-pyrrole nitrogens is 1. The third kappa shape index (κ3) is 3.07. The fourth-order valence-electron chi connectivity index (χ4n) is 3.46. The summed E-state index contributed by atoms with van der Waals surface area (Å²) in [5.74, 6) is 1.80. The van der Waals surface area contributed by atoms with Crippen molar-refractivity contribution in [2.45, 2.75) is 32.4 Å². The molecule has 0 bridgehead atoms. The van der Waals surface area contributed by atoms with Crippen LogP contribution in [0, 0.1) is 12.8 Å². The molecule has 4 rings (SSSR count). The molecule has 1 aliphatic heterocycles. The Bertz CT molecular complexity index is 804. The van der Waals surface area contributed by atoms with Crippen LogP contribution in [0.5, 0.6) is 0 Å². The Morgan fingerprint density at radius 3 is 2.96 bits per heavy atom. The summed E-state index contributed by atoms with van der Waals surface area (Å²) in [6, 6.07) is 8.50.